The molecule has 0 aliphatic heterocycles. The maximum absolute atomic E-state index is 13.0. The third-order valence-corrected chi connectivity index (χ3v) is 2.23. The molecule has 2 nitrogen and oxygen atoms in total. The zero-order chi connectivity index (χ0) is 9.14. The molecular formula is C8H9FN2S. The maximum atomic E-state index is 13.0. The molecule has 0 saturated carbocycles. The van der Waals surface area contributed by atoms with E-state index in [1.54, 1.807) is 18.4 Å². The minimum Gasteiger partial charge on any atom is -0.384 e. The highest BCUT2D eigenvalue weighted by Crippen LogP contribution is 2.19. The smallest absolute Gasteiger partial charge is 0.137 e. The first kappa shape index (κ1) is 9.06. The quantitative estimate of drug-likeness (QED) is 0.418. The van der Waals surface area contributed by atoms with Crippen molar-refractivity contribution in [2.24, 2.45) is 5.73 Å². The Bertz CT molecular complexity index is 312. The van der Waals surface area contributed by atoms with Crippen LogP contribution in [-0.2, 0) is 0 Å². The van der Waals surface area contributed by atoms with Crippen molar-refractivity contribution < 1.29 is 4.39 Å². The third kappa shape index (κ3) is 1.76. The largest absolute Gasteiger partial charge is 0.384 e. The summed E-state index contributed by atoms with van der Waals surface area (Å²) < 4.78 is 13.0. The van der Waals surface area contributed by atoms with Crippen LogP contribution in [-0.4, -0.2) is 12.1 Å². The van der Waals surface area contributed by atoms with Gasteiger partial charge >= 0.3 is 0 Å². The molecule has 12 heavy (non-hydrogen) atoms. The van der Waals surface area contributed by atoms with Gasteiger partial charge in [0.05, 0.1) is 0 Å². The number of hydrogen-bond acceptors (Lipinski definition) is 2. The van der Waals surface area contributed by atoms with Gasteiger partial charge in [0.2, 0.25) is 0 Å². The number of halogens is 1. The van der Waals surface area contributed by atoms with E-state index in [-0.39, 0.29) is 11.7 Å². The van der Waals surface area contributed by atoms with Crippen molar-refractivity contribution >= 4 is 17.6 Å². The highest BCUT2D eigenvalue weighted by molar-refractivity contribution is 7.98. The van der Waals surface area contributed by atoms with E-state index in [1.807, 2.05) is 0 Å². The van der Waals surface area contributed by atoms with E-state index in [9.17, 15) is 4.39 Å². The van der Waals surface area contributed by atoms with Crippen LogP contribution < -0.4 is 5.73 Å². The van der Waals surface area contributed by atoms with Crippen LogP contribution in [0.15, 0.2) is 23.1 Å². The van der Waals surface area contributed by atoms with Gasteiger partial charge in [0.15, 0.2) is 0 Å². The number of nitrogens with two attached hydrogens (primary N) is 1. The van der Waals surface area contributed by atoms with E-state index in [0.717, 1.165) is 0 Å². The molecule has 1 rings (SSSR count). The minimum absolute atomic E-state index is 0.110. The Labute approximate surface area is 74.5 Å². The summed E-state index contributed by atoms with van der Waals surface area (Å²) in [5.41, 5.74) is 5.61. The van der Waals surface area contributed by atoms with Crippen molar-refractivity contribution in [3.05, 3.63) is 29.6 Å². The summed E-state index contributed by atoms with van der Waals surface area (Å²) in [6.07, 6.45) is 1.80. The van der Waals surface area contributed by atoms with Crippen molar-refractivity contribution in [1.29, 1.82) is 5.41 Å². The molecule has 0 atom stereocenters. The Kier molecular flexibility index (Phi) is 2.70. The number of nitrogens with one attached hydrogen (secondary N) is 1. The van der Waals surface area contributed by atoms with Crippen LogP contribution in [0.1, 0.15) is 5.56 Å². The molecule has 0 bridgehead atoms. The lowest BCUT2D eigenvalue weighted by Gasteiger charge is -2.01. The lowest BCUT2D eigenvalue weighted by Crippen LogP contribution is -2.11. The second-order valence-electron chi connectivity index (χ2n) is 2.26. The molecule has 3 N–H and O–H groups in total. The van der Waals surface area contributed by atoms with Gasteiger partial charge in [0.25, 0.3) is 0 Å². The van der Waals surface area contributed by atoms with Crippen LogP contribution in [0, 0.1) is 11.2 Å². The summed E-state index contributed by atoms with van der Waals surface area (Å²) in [6.45, 7) is 0. The van der Waals surface area contributed by atoms with Gasteiger partial charge in [0.1, 0.15) is 11.7 Å². The normalized spacial score (nSPS) is 9.83. The van der Waals surface area contributed by atoms with Gasteiger partial charge in [-0.05, 0) is 24.5 Å². The van der Waals surface area contributed by atoms with Crippen molar-refractivity contribution in [3.8, 4) is 0 Å². The first-order valence-electron chi connectivity index (χ1n) is 3.33. The molecule has 64 valence electrons. The summed E-state index contributed by atoms with van der Waals surface area (Å²) >= 11 is 1.33. The van der Waals surface area contributed by atoms with Crippen LogP contribution in [0.5, 0.6) is 0 Å². The molecule has 0 spiro atoms. The first-order valence-corrected chi connectivity index (χ1v) is 4.55. The number of thioether (sulfide) groups is 1. The molecule has 0 heterocycles. The average molecular weight is 184 g/mol. The highest BCUT2D eigenvalue weighted by Gasteiger charge is 2.03. The van der Waals surface area contributed by atoms with E-state index in [1.165, 1.54) is 17.8 Å². The molecule has 0 saturated heterocycles. The Balaban J connectivity index is 3.10. The Morgan fingerprint density at radius 1 is 1.58 bits per heavy atom. The predicted molar refractivity (Wildman–Crippen MR) is 49.2 cm³/mol. The van der Waals surface area contributed by atoms with Crippen molar-refractivity contribution in [3.63, 3.8) is 0 Å². The number of amidine groups is 1. The molecule has 0 radical (unpaired) electrons. The van der Waals surface area contributed by atoms with Gasteiger partial charge in [-0.25, -0.2) is 4.39 Å². The maximum Gasteiger partial charge on any atom is 0.137 e. The first-order chi connectivity index (χ1) is 5.65. The second kappa shape index (κ2) is 3.58. The molecular weight excluding hydrogens is 175 g/mol. The second-order valence-corrected chi connectivity index (χ2v) is 3.11. The Hall–Kier alpha value is -1.03. The van der Waals surface area contributed by atoms with Gasteiger partial charge in [-0.15, -0.1) is 11.8 Å². The van der Waals surface area contributed by atoms with E-state index in [4.69, 9.17) is 11.1 Å². The number of benzene rings is 1. The molecule has 0 amide bonds. The van der Waals surface area contributed by atoms with Gasteiger partial charge in [-0.1, -0.05) is 0 Å². The standard InChI is InChI=1S/C8H9FN2S/c1-12-7-3-2-5(8(10)11)4-6(7)9/h2-4H,1H3,(H3,10,11). The van der Waals surface area contributed by atoms with E-state index in [2.05, 4.69) is 0 Å². The number of nitrogen functional groups attached to an aromatic ring is 1. The van der Waals surface area contributed by atoms with Gasteiger partial charge < -0.3 is 5.73 Å². The van der Waals surface area contributed by atoms with E-state index >= 15 is 0 Å². The zero-order valence-corrected chi connectivity index (χ0v) is 7.41. The molecule has 0 aliphatic carbocycles. The average Bonchev–Trinajstić information content (AvgIpc) is 2.04. The van der Waals surface area contributed by atoms with Crippen LogP contribution in [0.25, 0.3) is 0 Å². The summed E-state index contributed by atoms with van der Waals surface area (Å²) in [5, 5.41) is 7.06. The van der Waals surface area contributed by atoms with Crippen molar-refractivity contribution in [2.45, 2.75) is 4.90 Å². The summed E-state index contributed by atoms with van der Waals surface area (Å²) in [5.74, 6) is -0.434. The van der Waals surface area contributed by atoms with Crippen LogP contribution >= 0.6 is 11.8 Å². The molecule has 0 aromatic heterocycles. The van der Waals surface area contributed by atoms with E-state index in [0.29, 0.717) is 10.5 Å². The van der Waals surface area contributed by atoms with E-state index < -0.39 is 0 Å². The summed E-state index contributed by atoms with van der Waals surface area (Å²) in [4.78, 5) is 0.569. The summed E-state index contributed by atoms with van der Waals surface area (Å²) in [7, 11) is 0. The molecule has 0 unspecified atom stereocenters. The molecule has 1 aromatic carbocycles. The van der Waals surface area contributed by atoms with Gasteiger partial charge in [-0.3, -0.25) is 5.41 Å². The van der Waals surface area contributed by atoms with Crippen molar-refractivity contribution in [2.75, 3.05) is 6.26 Å². The Morgan fingerprint density at radius 3 is 2.67 bits per heavy atom. The minimum atomic E-state index is -0.324. The lowest BCUT2D eigenvalue weighted by molar-refractivity contribution is 0.602. The summed E-state index contributed by atoms with van der Waals surface area (Å²) in [6, 6.07) is 4.53. The van der Waals surface area contributed by atoms with Gasteiger partial charge in [-0.2, -0.15) is 0 Å². The molecule has 1 aromatic rings. The molecule has 4 heteroatoms. The molecule has 0 fully saturated rings. The fourth-order valence-electron chi connectivity index (χ4n) is 0.834. The zero-order valence-electron chi connectivity index (χ0n) is 6.60. The predicted octanol–water partition coefficient (Wildman–Crippen LogP) is 1.83. The third-order valence-electron chi connectivity index (χ3n) is 1.46. The monoisotopic (exact) mass is 184 g/mol. The van der Waals surface area contributed by atoms with Gasteiger partial charge in [0, 0.05) is 10.5 Å². The van der Waals surface area contributed by atoms with Crippen LogP contribution in [0.4, 0.5) is 4.39 Å². The fourth-order valence-corrected chi connectivity index (χ4v) is 1.29. The number of rotatable bonds is 2. The number of hydrogen-bond donors (Lipinski definition) is 2. The van der Waals surface area contributed by atoms with Crippen LogP contribution in [0.2, 0.25) is 0 Å². The molecule has 0 aliphatic rings. The fraction of sp³-hybridized carbons (Fsp3) is 0.125. The lowest BCUT2D eigenvalue weighted by atomic mass is 10.2. The highest BCUT2D eigenvalue weighted by atomic mass is 32.2. The van der Waals surface area contributed by atoms with Crippen molar-refractivity contribution in [1.82, 2.24) is 0 Å². The SMILES string of the molecule is CSc1ccc(C(=N)N)cc1F. The van der Waals surface area contributed by atoms with Crippen LogP contribution in [0.3, 0.4) is 0 Å². The Morgan fingerprint density at radius 2 is 2.25 bits per heavy atom. The topological polar surface area (TPSA) is 49.9 Å².